The van der Waals surface area contributed by atoms with Gasteiger partial charge in [-0.25, -0.2) is 0 Å². The summed E-state index contributed by atoms with van der Waals surface area (Å²) in [6.07, 6.45) is 0.953. The third-order valence-electron chi connectivity index (χ3n) is 5.55. The van der Waals surface area contributed by atoms with E-state index in [0.717, 1.165) is 28.2 Å². The maximum Gasteiger partial charge on any atom is 0.203 e. The number of aliphatic hydroxyl groups excluding tert-OH is 1. The van der Waals surface area contributed by atoms with E-state index in [1.165, 1.54) is 0 Å². The summed E-state index contributed by atoms with van der Waals surface area (Å²) in [5.41, 5.74) is 3.19. The summed E-state index contributed by atoms with van der Waals surface area (Å²) in [5, 5.41) is 10.8. The van der Waals surface area contributed by atoms with Gasteiger partial charge in [0.25, 0.3) is 0 Å². The first-order valence-corrected chi connectivity index (χ1v) is 10.9. The number of ether oxygens (including phenoxy) is 4. The van der Waals surface area contributed by atoms with Gasteiger partial charge in [0.15, 0.2) is 11.5 Å². The molecule has 1 aromatic heterocycles. The molecule has 1 heterocycles. The lowest BCUT2D eigenvalue weighted by Gasteiger charge is -2.25. The molecule has 33 heavy (non-hydrogen) atoms. The molecule has 0 spiro atoms. The van der Waals surface area contributed by atoms with E-state index in [9.17, 15) is 5.11 Å². The van der Waals surface area contributed by atoms with Crippen LogP contribution in [0.1, 0.15) is 22.5 Å². The third kappa shape index (κ3) is 6.43. The lowest BCUT2D eigenvalue weighted by molar-refractivity contribution is 0.0602. The second-order valence-corrected chi connectivity index (χ2v) is 7.95. The maximum atomic E-state index is 10.8. The molecule has 0 saturated heterocycles. The third-order valence-corrected chi connectivity index (χ3v) is 5.55. The SMILES string of the molecule is COc1cc(CN(Cc2ccco2)CC(O)COc2cccc(C)c2C)cc(OC)c1OC. The number of hydrogen-bond acceptors (Lipinski definition) is 7. The fourth-order valence-electron chi connectivity index (χ4n) is 3.71. The molecule has 1 unspecified atom stereocenters. The van der Waals surface area contributed by atoms with Crippen molar-refractivity contribution in [2.45, 2.75) is 33.0 Å². The van der Waals surface area contributed by atoms with Gasteiger partial charge in [-0.3, -0.25) is 4.90 Å². The normalized spacial score (nSPS) is 12.0. The van der Waals surface area contributed by atoms with Crippen LogP contribution in [0.3, 0.4) is 0 Å². The highest BCUT2D eigenvalue weighted by molar-refractivity contribution is 5.53. The van der Waals surface area contributed by atoms with Crippen LogP contribution < -0.4 is 18.9 Å². The summed E-state index contributed by atoms with van der Waals surface area (Å²) in [7, 11) is 4.77. The van der Waals surface area contributed by atoms with Crippen molar-refractivity contribution in [2.75, 3.05) is 34.5 Å². The minimum absolute atomic E-state index is 0.189. The van der Waals surface area contributed by atoms with E-state index in [-0.39, 0.29) is 6.61 Å². The highest BCUT2D eigenvalue weighted by Gasteiger charge is 2.19. The number of aliphatic hydroxyl groups is 1. The van der Waals surface area contributed by atoms with E-state index in [0.29, 0.717) is 36.9 Å². The van der Waals surface area contributed by atoms with Gasteiger partial charge in [0.2, 0.25) is 5.75 Å². The minimum atomic E-state index is -0.693. The Morgan fingerprint density at radius 2 is 1.64 bits per heavy atom. The highest BCUT2D eigenvalue weighted by Crippen LogP contribution is 2.38. The Balaban J connectivity index is 1.74. The van der Waals surface area contributed by atoms with Crippen molar-refractivity contribution >= 4 is 0 Å². The van der Waals surface area contributed by atoms with Gasteiger partial charge in [-0.2, -0.15) is 0 Å². The summed E-state index contributed by atoms with van der Waals surface area (Å²) in [6.45, 7) is 5.71. The predicted octanol–water partition coefficient (Wildman–Crippen LogP) is 4.36. The van der Waals surface area contributed by atoms with Gasteiger partial charge >= 0.3 is 0 Å². The molecule has 3 rings (SSSR count). The zero-order valence-corrected chi connectivity index (χ0v) is 20.0. The molecule has 0 amide bonds. The van der Waals surface area contributed by atoms with E-state index < -0.39 is 6.10 Å². The van der Waals surface area contributed by atoms with Gasteiger partial charge < -0.3 is 28.5 Å². The zero-order chi connectivity index (χ0) is 23.8. The molecule has 0 fully saturated rings. The van der Waals surface area contributed by atoms with Crippen LogP contribution in [0.25, 0.3) is 0 Å². The van der Waals surface area contributed by atoms with Crippen LogP contribution in [-0.2, 0) is 13.1 Å². The summed E-state index contributed by atoms with van der Waals surface area (Å²) < 4.78 is 27.9. The lowest BCUT2D eigenvalue weighted by Crippen LogP contribution is -2.35. The van der Waals surface area contributed by atoms with E-state index in [2.05, 4.69) is 4.90 Å². The largest absolute Gasteiger partial charge is 0.493 e. The van der Waals surface area contributed by atoms with Crippen molar-refractivity contribution in [1.82, 2.24) is 4.90 Å². The van der Waals surface area contributed by atoms with Crippen molar-refractivity contribution in [3.8, 4) is 23.0 Å². The monoisotopic (exact) mass is 455 g/mol. The predicted molar refractivity (Wildman–Crippen MR) is 126 cm³/mol. The topological polar surface area (TPSA) is 73.5 Å². The average Bonchev–Trinajstić information content (AvgIpc) is 3.32. The molecule has 0 aliphatic carbocycles. The van der Waals surface area contributed by atoms with Crippen LogP contribution in [0.4, 0.5) is 0 Å². The van der Waals surface area contributed by atoms with E-state index in [4.69, 9.17) is 23.4 Å². The second kappa shape index (κ2) is 11.6. The zero-order valence-electron chi connectivity index (χ0n) is 20.0. The molecule has 0 aliphatic rings. The number of hydrogen-bond donors (Lipinski definition) is 1. The average molecular weight is 456 g/mol. The quantitative estimate of drug-likeness (QED) is 0.435. The molecule has 178 valence electrons. The number of nitrogens with zero attached hydrogens (tertiary/aromatic N) is 1. The molecule has 1 N–H and O–H groups in total. The van der Waals surface area contributed by atoms with Crippen molar-refractivity contribution in [3.63, 3.8) is 0 Å². The number of aryl methyl sites for hydroxylation is 1. The Hall–Kier alpha value is -3.16. The molecule has 3 aromatic rings. The van der Waals surface area contributed by atoms with Crippen molar-refractivity contribution in [2.24, 2.45) is 0 Å². The van der Waals surface area contributed by atoms with Gasteiger partial charge in [0.05, 0.1) is 34.1 Å². The molecule has 0 radical (unpaired) electrons. The Labute approximate surface area is 195 Å². The van der Waals surface area contributed by atoms with Crippen molar-refractivity contribution in [3.05, 3.63) is 71.2 Å². The van der Waals surface area contributed by atoms with E-state index in [1.807, 2.05) is 56.3 Å². The van der Waals surface area contributed by atoms with Crippen LogP contribution in [0, 0.1) is 13.8 Å². The molecule has 1 atom stereocenters. The van der Waals surface area contributed by atoms with Crippen LogP contribution in [0.2, 0.25) is 0 Å². The van der Waals surface area contributed by atoms with Gasteiger partial charge in [0.1, 0.15) is 24.2 Å². The number of benzene rings is 2. The standard InChI is InChI=1S/C26H33NO6/c1-18-8-6-10-23(19(18)2)33-17-21(28)15-27(16-22-9-7-11-32-22)14-20-12-24(29-3)26(31-5)25(13-20)30-4/h6-13,21,28H,14-17H2,1-5H3. The number of methoxy groups -OCH3 is 3. The fourth-order valence-corrected chi connectivity index (χ4v) is 3.71. The highest BCUT2D eigenvalue weighted by atomic mass is 16.5. The summed E-state index contributed by atoms with van der Waals surface area (Å²) in [4.78, 5) is 2.09. The molecule has 0 bridgehead atoms. The number of rotatable bonds is 12. The first-order valence-electron chi connectivity index (χ1n) is 10.9. The Bertz CT molecular complexity index is 993. The van der Waals surface area contributed by atoms with Crippen molar-refractivity contribution in [1.29, 1.82) is 0 Å². The molecular formula is C26H33NO6. The van der Waals surface area contributed by atoms with Gasteiger partial charge in [0, 0.05) is 13.1 Å². The molecule has 0 aliphatic heterocycles. The van der Waals surface area contributed by atoms with Crippen LogP contribution >= 0.6 is 0 Å². The minimum Gasteiger partial charge on any atom is -0.493 e. The first-order chi connectivity index (χ1) is 15.9. The van der Waals surface area contributed by atoms with Crippen molar-refractivity contribution < 1.29 is 28.5 Å². The molecule has 7 heteroatoms. The van der Waals surface area contributed by atoms with Crippen LogP contribution in [-0.4, -0.2) is 50.6 Å². The molecule has 0 saturated carbocycles. The Morgan fingerprint density at radius 1 is 0.909 bits per heavy atom. The van der Waals surface area contributed by atoms with Gasteiger partial charge in [-0.05, 0) is 60.9 Å². The molecule has 2 aromatic carbocycles. The smallest absolute Gasteiger partial charge is 0.203 e. The van der Waals surface area contributed by atoms with E-state index in [1.54, 1.807) is 27.6 Å². The Kier molecular flexibility index (Phi) is 8.63. The lowest BCUT2D eigenvalue weighted by atomic mass is 10.1. The first kappa shape index (κ1) is 24.5. The summed E-state index contributed by atoms with van der Waals surface area (Å²) >= 11 is 0. The molecular weight excluding hydrogens is 422 g/mol. The summed E-state index contributed by atoms with van der Waals surface area (Å²) in [6, 6.07) is 13.5. The van der Waals surface area contributed by atoms with Gasteiger partial charge in [-0.1, -0.05) is 12.1 Å². The van der Waals surface area contributed by atoms with E-state index >= 15 is 0 Å². The second-order valence-electron chi connectivity index (χ2n) is 7.95. The van der Waals surface area contributed by atoms with Crippen LogP contribution in [0.15, 0.2) is 53.1 Å². The number of furan rings is 1. The fraction of sp³-hybridized carbons (Fsp3) is 0.385. The maximum absolute atomic E-state index is 10.8. The van der Waals surface area contributed by atoms with Crippen LogP contribution in [0.5, 0.6) is 23.0 Å². The Morgan fingerprint density at radius 3 is 2.24 bits per heavy atom. The molecule has 7 nitrogen and oxygen atoms in total. The summed E-state index contributed by atoms with van der Waals surface area (Å²) in [5.74, 6) is 3.32. The van der Waals surface area contributed by atoms with Gasteiger partial charge in [-0.15, -0.1) is 0 Å².